The first kappa shape index (κ1) is 22.6. The van der Waals surface area contributed by atoms with E-state index < -0.39 is 5.92 Å². The van der Waals surface area contributed by atoms with Crippen LogP contribution < -0.4 is 20.1 Å². The first-order valence-electron chi connectivity index (χ1n) is 10.9. The number of rotatable bonds is 5. The van der Waals surface area contributed by atoms with Gasteiger partial charge in [-0.1, -0.05) is 26.0 Å². The van der Waals surface area contributed by atoms with E-state index in [2.05, 4.69) is 29.5 Å². The number of hydrogen-bond donors (Lipinski definition) is 2. The average molecular weight is 448 g/mol. The first-order valence-corrected chi connectivity index (χ1v) is 10.9. The van der Waals surface area contributed by atoms with Gasteiger partial charge in [-0.05, 0) is 37.0 Å². The summed E-state index contributed by atoms with van der Waals surface area (Å²) in [7, 11) is 3.16. The van der Waals surface area contributed by atoms with Gasteiger partial charge < -0.3 is 20.1 Å². The van der Waals surface area contributed by atoms with Crippen molar-refractivity contribution < 1.29 is 19.1 Å². The molecule has 33 heavy (non-hydrogen) atoms. The topological polar surface area (TPSA) is 89.5 Å². The molecule has 2 N–H and O–H groups in total. The van der Waals surface area contributed by atoms with E-state index in [1.165, 1.54) is 0 Å². The van der Waals surface area contributed by atoms with E-state index in [4.69, 9.17) is 9.47 Å². The molecule has 0 radical (unpaired) electrons. The van der Waals surface area contributed by atoms with Gasteiger partial charge in [0.05, 0.1) is 20.1 Å². The third-order valence-corrected chi connectivity index (χ3v) is 6.14. The molecule has 0 saturated heterocycles. The normalized spacial score (nSPS) is 19.5. The molecular formula is C26H29N3O4. The minimum absolute atomic E-state index is 0.0345. The van der Waals surface area contributed by atoms with Crippen molar-refractivity contribution in [1.82, 2.24) is 10.3 Å². The van der Waals surface area contributed by atoms with Crippen molar-refractivity contribution >= 4 is 17.5 Å². The number of carbonyl (C=O) groups is 2. The summed E-state index contributed by atoms with van der Waals surface area (Å²) in [6.45, 7) is 6.04. The van der Waals surface area contributed by atoms with Crippen LogP contribution in [0.4, 0.5) is 5.82 Å². The average Bonchev–Trinajstić information content (AvgIpc) is 2.77. The van der Waals surface area contributed by atoms with Crippen molar-refractivity contribution in [3.63, 3.8) is 0 Å². The maximum Gasteiger partial charge on any atom is 0.255 e. The van der Waals surface area contributed by atoms with Crippen LogP contribution in [0.1, 0.15) is 45.1 Å². The van der Waals surface area contributed by atoms with Crippen LogP contribution in [0, 0.1) is 5.41 Å². The zero-order chi connectivity index (χ0) is 23.8. The van der Waals surface area contributed by atoms with Crippen molar-refractivity contribution in [2.75, 3.05) is 19.5 Å². The Morgan fingerprint density at radius 2 is 1.94 bits per heavy atom. The fourth-order valence-corrected chi connectivity index (χ4v) is 4.73. The van der Waals surface area contributed by atoms with Gasteiger partial charge in [0, 0.05) is 46.8 Å². The number of Topliss-reactive ketones (excluding diaryl/α,β-unsaturated/α-hetero) is 1. The lowest BCUT2D eigenvalue weighted by Gasteiger charge is -2.40. The number of nitrogens with zero attached hydrogens (tertiary/aromatic N) is 1. The molecule has 7 heteroatoms. The Kier molecular flexibility index (Phi) is 5.97. The lowest BCUT2D eigenvalue weighted by molar-refractivity contribution is -0.118. The predicted molar refractivity (Wildman–Crippen MR) is 126 cm³/mol. The molecule has 1 aromatic heterocycles. The Labute approximate surface area is 193 Å². The van der Waals surface area contributed by atoms with Gasteiger partial charge in [-0.25, -0.2) is 4.98 Å². The molecule has 1 aliphatic heterocycles. The molecule has 1 aliphatic carbocycles. The van der Waals surface area contributed by atoms with E-state index >= 15 is 0 Å². The summed E-state index contributed by atoms with van der Waals surface area (Å²) >= 11 is 0. The number of ketones is 1. The summed E-state index contributed by atoms with van der Waals surface area (Å²) < 4.78 is 11.0. The fourth-order valence-electron chi connectivity index (χ4n) is 4.73. The zero-order valence-electron chi connectivity index (χ0n) is 19.6. The Morgan fingerprint density at radius 1 is 1.15 bits per heavy atom. The number of pyridine rings is 1. The quantitative estimate of drug-likeness (QED) is 0.709. The van der Waals surface area contributed by atoms with Crippen molar-refractivity contribution in [2.24, 2.45) is 5.41 Å². The van der Waals surface area contributed by atoms with Gasteiger partial charge >= 0.3 is 0 Å². The van der Waals surface area contributed by atoms with Gasteiger partial charge in [-0.3, -0.25) is 9.59 Å². The Morgan fingerprint density at radius 3 is 2.61 bits per heavy atom. The maximum atomic E-state index is 13.5. The van der Waals surface area contributed by atoms with Crippen LogP contribution in [0.3, 0.4) is 0 Å². The van der Waals surface area contributed by atoms with Gasteiger partial charge in [0.1, 0.15) is 17.3 Å². The number of aromatic nitrogens is 1. The van der Waals surface area contributed by atoms with Crippen molar-refractivity contribution in [1.29, 1.82) is 0 Å². The second-order valence-electron chi connectivity index (χ2n) is 9.21. The summed E-state index contributed by atoms with van der Waals surface area (Å²) in [6.07, 6.45) is 2.75. The highest BCUT2D eigenvalue weighted by molar-refractivity contribution is 6.09. The molecule has 0 unspecified atom stereocenters. The predicted octanol–water partition coefficient (Wildman–Crippen LogP) is 4.34. The van der Waals surface area contributed by atoms with Crippen molar-refractivity contribution in [3.05, 3.63) is 70.7 Å². The molecule has 172 valence electrons. The lowest BCUT2D eigenvalue weighted by Crippen LogP contribution is -2.39. The van der Waals surface area contributed by atoms with Crippen molar-refractivity contribution in [2.45, 2.75) is 39.5 Å². The van der Waals surface area contributed by atoms with Crippen molar-refractivity contribution in [3.8, 4) is 11.5 Å². The number of carbonyl (C=O) groups excluding carboxylic acids is 2. The third-order valence-electron chi connectivity index (χ3n) is 6.14. The van der Waals surface area contributed by atoms with E-state index in [0.717, 1.165) is 17.7 Å². The Hall–Kier alpha value is -3.61. The highest BCUT2D eigenvalue weighted by Crippen LogP contribution is 2.49. The van der Waals surface area contributed by atoms with Crippen LogP contribution >= 0.6 is 0 Å². The molecule has 0 saturated carbocycles. The number of nitrogens with one attached hydrogen (secondary N) is 2. The van der Waals surface area contributed by atoms with Gasteiger partial charge in [0.2, 0.25) is 0 Å². The molecule has 2 heterocycles. The summed E-state index contributed by atoms with van der Waals surface area (Å²) in [5.74, 6) is 0.781. The lowest BCUT2D eigenvalue weighted by atomic mass is 9.68. The van der Waals surface area contributed by atoms with E-state index in [1.54, 1.807) is 44.7 Å². The smallest absolute Gasteiger partial charge is 0.255 e. The van der Waals surface area contributed by atoms with Gasteiger partial charge in [-0.15, -0.1) is 0 Å². The van der Waals surface area contributed by atoms with Crippen LogP contribution in [-0.4, -0.2) is 30.9 Å². The number of anilines is 1. The Bertz CT molecular complexity index is 1170. The minimum atomic E-state index is -0.575. The summed E-state index contributed by atoms with van der Waals surface area (Å²) in [5, 5.41) is 6.25. The number of methoxy groups -OCH3 is 2. The molecule has 0 bridgehead atoms. The van der Waals surface area contributed by atoms with E-state index in [-0.39, 0.29) is 17.1 Å². The molecule has 2 aromatic rings. The summed E-state index contributed by atoms with van der Waals surface area (Å²) in [4.78, 5) is 31.2. The highest BCUT2D eigenvalue weighted by Gasteiger charge is 2.43. The molecule has 4 rings (SSSR count). The van der Waals surface area contributed by atoms with Crippen LogP contribution in [0.15, 0.2) is 65.1 Å². The molecule has 1 aromatic carbocycles. The molecular weight excluding hydrogens is 418 g/mol. The number of allylic oxidation sites excluding steroid dienone is 3. The van der Waals surface area contributed by atoms with Gasteiger partial charge in [-0.2, -0.15) is 0 Å². The fraction of sp³-hybridized carbons (Fsp3) is 0.346. The summed E-state index contributed by atoms with van der Waals surface area (Å²) in [5.41, 5.74) is 3.24. The second kappa shape index (κ2) is 8.73. The van der Waals surface area contributed by atoms with E-state index in [9.17, 15) is 9.59 Å². The molecule has 7 nitrogen and oxygen atoms in total. The molecule has 0 fully saturated rings. The maximum absolute atomic E-state index is 13.5. The number of dihydropyridines is 1. The molecule has 1 atom stereocenters. The first-order chi connectivity index (χ1) is 15.7. The molecule has 1 amide bonds. The highest BCUT2D eigenvalue weighted by atomic mass is 16.5. The van der Waals surface area contributed by atoms with Gasteiger partial charge in [0.25, 0.3) is 5.91 Å². The van der Waals surface area contributed by atoms with Crippen LogP contribution in [0.5, 0.6) is 11.5 Å². The molecule has 2 aliphatic rings. The zero-order valence-corrected chi connectivity index (χ0v) is 19.6. The van der Waals surface area contributed by atoms with Crippen LogP contribution in [-0.2, 0) is 9.59 Å². The SMILES string of the molecule is COc1ccc([C@@H]2C(C(=O)Nc3ccccn3)=C(C)NC3=C2C(=O)CC(C)(C)C3)c(OC)c1. The Balaban J connectivity index is 1.87. The molecule has 0 spiro atoms. The van der Waals surface area contributed by atoms with Gasteiger partial charge in [0.15, 0.2) is 5.78 Å². The van der Waals surface area contributed by atoms with E-state index in [0.29, 0.717) is 40.6 Å². The number of amides is 1. The third kappa shape index (κ3) is 4.35. The number of benzene rings is 1. The minimum Gasteiger partial charge on any atom is -0.497 e. The van der Waals surface area contributed by atoms with E-state index in [1.807, 2.05) is 19.1 Å². The van der Waals surface area contributed by atoms with Crippen LogP contribution in [0.25, 0.3) is 0 Å². The number of ether oxygens (including phenoxy) is 2. The second-order valence-corrected chi connectivity index (χ2v) is 9.21. The summed E-state index contributed by atoms with van der Waals surface area (Å²) in [6, 6.07) is 10.8. The monoisotopic (exact) mass is 447 g/mol. The van der Waals surface area contributed by atoms with Crippen LogP contribution in [0.2, 0.25) is 0 Å². The number of hydrogen-bond acceptors (Lipinski definition) is 6. The standard InChI is InChI=1S/C26H29N3O4/c1-15-22(25(31)29-21-8-6-7-11-27-21)23(17-10-9-16(32-4)12-20(17)33-5)24-18(28-15)13-26(2,3)14-19(24)30/h6-12,23,28H,13-14H2,1-5H3,(H,27,29,31)/t23-/m1/s1. The largest absolute Gasteiger partial charge is 0.497 e.